The molecule has 4 nitrogen and oxygen atoms in total. The van der Waals surface area contributed by atoms with Crippen LogP contribution in [-0.4, -0.2) is 28.1 Å². The number of benzene rings is 2. The molecule has 0 spiro atoms. The number of ether oxygens (including phenoxy) is 1. The lowest BCUT2D eigenvalue weighted by molar-refractivity contribution is 0.313. The zero-order chi connectivity index (χ0) is 18.6. The average molecular weight is 380 g/mol. The SMILES string of the molecule is COc1cccc(NC(=S)N(Cc2c[nH]c3ccccc23)C2CCCC2)c1. The minimum absolute atomic E-state index is 0.490. The summed E-state index contributed by atoms with van der Waals surface area (Å²) >= 11 is 5.83. The summed E-state index contributed by atoms with van der Waals surface area (Å²) in [5.41, 5.74) is 3.42. The van der Waals surface area contributed by atoms with E-state index in [1.807, 2.05) is 24.3 Å². The number of para-hydroxylation sites is 1. The van der Waals surface area contributed by atoms with Gasteiger partial charge in [-0.1, -0.05) is 37.1 Å². The van der Waals surface area contributed by atoms with Crippen molar-refractivity contribution >= 4 is 33.9 Å². The van der Waals surface area contributed by atoms with E-state index in [1.54, 1.807) is 7.11 Å². The van der Waals surface area contributed by atoms with Gasteiger partial charge in [0.2, 0.25) is 0 Å². The summed E-state index contributed by atoms with van der Waals surface area (Å²) in [5, 5.41) is 5.47. The van der Waals surface area contributed by atoms with Crippen LogP contribution in [0.3, 0.4) is 0 Å². The van der Waals surface area contributed by atoms with Crippen molar-refractivity contribution in [3.63, 3.8) is 0 Å². The third kappa shape index (κ3) is 3.93. The van der Waals surface area contributed by atoms with Crippen molar-refractivity contribution in [3.05, 3.63) is 60.3 Å². The van der Waals surface area contributed by atoms with Crippen molar-refractivity contribution in [3.8, 4) is 5.75 Å². The monoisotopic (exact) mass is 379 g/mol. The molecular formula is C22H25N3OS. The molecule has 1 aliphatic rings. The van der Waals surface area contributed by atoms with Gasteiger partial charge in [-0.25, -0.2) is 0 Å². The highest BCUT2D eigenvalue weighted by molar-refractivity contribution is 7.80. The molecule has 140 valence electrons. The van der Waals surface area contributed by atoms with Gasteiger partial charge in [0.25, 0.3) is 0 Å². The summed E-state index contributed by atoms with van der Waals surface area (Å²) in [6.45, 7) is 0.810. The number of anilines is 1. The van der Waals surface area contributed by atoms with E-state index in [4.69, 9.17) is 17.0 Å². The van der Waals surface area contributed by atoms with Gasteiger partial charge in [-0.15, -0.1) is 0 Å². The fourth-order valence-corrected chi connectivity index (χ4v) is 4.26. The highest BCUT2D eigenvalue weighted by Gasteiger charge is 2.25. The van der Waals surface area contributed by atoms with Crippen LogP contribution in [0.15, 0.2) is 54.7 Å². The highest BCUT2D eigenvalue weighted by atomic mass is 32.1. The molecule has 1 fully saturated rings. The van der Waals surface area contributed by atoms with E-state index >= 15 is 0 Å². The van der Waals surface area contributed by atoms with Gasteiger partial charge in [0, 0.05) is 41.4 Å². The Kier molecular flexibility index (Phi) is 5.30. The Morgan fingerprint density at radius 1 is 1.19 bits per heavy atom. The summed E-state index contributed by atoms with van der Waals surface area (Å²) in [6, 6.07) is 16.8. The van der Waals surface area contributed by atoms with Crippen molar-refractivity contribution in [1.29, 1.82) is 0 Å². The maximum absolute atomic E-state index is 5.83. The van der Waals surface area contributed by atoms with Crippen LogP contribution in [0.4, 0.5) is 5.69 Å². The van der Waals surface area contributed by atoms with Crippen LogP contribution in [0.1, 0.15) is 31.2 Å². The molecule has 0 amide bonds. The topological polar surface area (TPSA) is 40.3 Å². The molecule has 0 radical (unpaired) electrons. The van der Waals surface area contributed by atoms with Gasteiger partial charge in [-0.05, 0) is 48.8 Å². The zero-order valence-corrected chi connectivity index (χ0v) is 16.4. The molecule has 2 aromatic carbocycles. The maximum atomic E-state index is 5.83. The first kappa shape index (κ1) is 17.9. The third-order valence-electron chi connectivity index (χ3n) is 5.36. The quantitative estimate of drug-likeness (QED) is 0.589. The molecule has 4 rings (SSSR count). The van der Waals surface area contributed by atoms with E-state index < -0.39 is 0 Å². The second-order valence-corrected chi connectivity index (χ2v) is 7.47. The highest BCUT2D eigenvalue weighted by Crippen LogP contribution is 2.28. The van der Waals surface area contributed by atoms with Crippen LogP contribution in [0.25, 0.3) is 10.9 Å². The van der Waals surface area contributed by atoms with E-state index in [1.165, 1.54) is 42.1 Å². The smallest absolute Gasteiger partial charge is 0.173 e. The number of aromatic amines is 1. The molecule has 1 aromatic heterocycles. The number of hydrogen-bond acceptors (Lipinski definition) is 2. The molecule has 0 bridgehead atoms. The van der Waals surface area contributed by atoms with Crippen LogP contribution < -0.4 is 10.1 Å². The van der Waals surface area contributed by atoms with Gasteiger partial charge < -0.3 is 19.9 Å². The second-order valence-electron chi connectivity index (χ2n) is 7.09. The van der Waals surface area contributed by atoms with E-state index in [0.29, 0.717) is 6.04 Å². The lowest BCUT2D eigenvalue weighted by atomic mass is 10.1. The fourth-order valence-electron chi connectivity index (χ4n) is 3.92. The molecule has 3 aromatic rings. The second kappa shape index (κ2) is 8.01. The Hall–Kier alpha value is -2.53. The third-order valence-corrected chi connectivity index (χ3v) is 5.70. The summed E-state index contributed by atoms with van der Waals surface area (Å²) in [7, 11) is 1.68. The number of nitrogens with one attached hydrogen (secondary N) is 2. The first-order chi connectivity index (χ1) is 13.2. The number of nitrogens with zero attached hydrogens (tertiary/aromatic N) is 1. The molecule has 0 atom stereocenters. The van der Waals surface area contributed by atoms with Gasteiger partial charge in [-0.3, -0.25) is 0 Å². The Bertz CT molecular complexity index is 930. The number of thiocarbonyl (C=S) groups is 1. The average Bonchev–Trinajstić information content (AvgIpc) is 3.36. The van der Waals surface area contributed by atoms with E-state index in [0.717, 1.165) is 23.1 Å². The Labute approximate surface area is 165 Å². The number of hydrogen-bond donors (Lipinski definition) is 2. The van der Waals surface area contributed by atoms with Crippen molar-refractivity contribution in [2.45, 2.75) is 38.3 Å². The molecule has 0 aliphatic heterocycles. The van der Waals surface area contributed by atoms with Crippen molar-refractivity contribution < 1.29 is 4.74 Å². The number of rotatable bonds is 5. The lowest BCUT2D eigenvalue weighted by Gasteiger charge is -2.31. The minimum atomic E-state index is 0.490. The number of fused-ring (bicyclic) bond motifs is 1. The van der Waals surface area contributed by atoms with E-state index in [-0.39, 0.29) is 0 Å². The zero-order valence-electron chi connectivity index (χ0n) is 15.6. The van der Waals surface area contributed by atoms with Gasteiger partial charge in [0.1, 0.15) is 5.75 Å². The summed E-state index contributed by atoms with van der Waals surface area (Å²) in [5.74, 6) is 0.826. The molecule has 2 N–H and O–H groups in total. The van der Waals surface area contributed by atoms with Crippen molar-refractivity contribution in [2.24, 2.45) is 0 Å². The normalized spacial score (nSPS) is 14.4. The number of aromatic nitrogens is 1. The van der Waals surface area contributed by atoms with Crippen LogP contribution in [-0.2, 0) is 6.54 Å². The molecule has 1 saturated carbocycles. The minimum Gasteiger partial charge on any atom is -0.497 e. The van der Waals surface area contributed by atoms with E-state index in [9.17, 15) is 0 Å². The molecular weight excluding hydrogens is 354 g/mol. The fraction of sp³-hybridized carbons (Fsp3) is 0.318. The number of H-pyrrole nitrogens is 1. The summed E-state index contributed by atoms with van der Waals surface area (Å²) < 4.78 is 5.33. The van der Waals surface area contributed by atoms with Crippen molar-refractivity contribution in [1.82, 2.24) is 9.88 Å². The van der Waals surface area contributed by atoms with Crippen LogP contribution in [0, 0.1) is 0 Å². The van der Waals surface area contributed by atoms with Crippen LogP contribution >= 0.6 is 12.2 Å². The predicted molar refractivity (Wildman–Crippen MR) is 115 cm³/mol. The van der Waals surface area contributed by atoms with Gasteiger partial charge in [-0.2, -0.15) is 0 Å². The Morgan fingerprint density at radius 2 is 2.00 bits per heavy atom. The van der Waals surface area contributed by atoms with Crippen LogP contribution in [0.2, 0.25) is 0 Å². The molecule has 0 unspecified atom stereocenters. The first-order valence-electron chi connectivity index (χ1n) is 9.51. The predicted octanol–water partition coefficient (Wildman–Crippen LogP) is 5.32. The molecule has 1 heterocycles. The Morgan fingerprint density at radius 3 is 2.81 bits per heavy atom. The number of methoxy groups -OCH3 is 1. The standard InChI is InChI=1S/C22H25N3OS/c1-26-19-10-6-7-17(13-19)24-22(27)25(18-8-2-3-9-18)15-16-14-23-21-12-5-4-11-20(16)21/h4-7,10-14,18,23H,2-3,8-9,15H2,1H3,(H,24,27). The lowest BCUT2D eigenvalue weighted by Crippen LogP contribution is -2.40. The molecule has 1 aliphatic carbocycles. The van der Waals surface area contributed by atoms with Gasteiger partial charge >= 0.3 is 0 Å². The van der Waals surface area contributed by atoms with Crippen LogP contribution in [0.5, 0.6) is 5.75 Å². The van der Waals surface area contributed by atoms with Gasteiger partial charge in [0.15, 0.2) is 5.11 Å². The molecule has 0 saturated heterocycles. The maximum Gasteiger partial charge on any atom is 0.173 e. The summed E-state index contributed by atoms with van der Waals surface area (Å²) in [6.07, 6.45) is 7.05. The molecule has 27 heavy (non-hydrogen) atoms. The van der Waals surface area contributed by atoms with Crippen molar-refractivity contribution in [2.75, 3.05) is 12.4 Å². The summed E-state index contributed by atoms with van der Waals surface area (Å²) in [4.78, 5) is 5.74. The van der Waals surface area contributed by atoms with Gasteiger partial charge in [0.05, 0.1) is 7.11 Å². The molecule has 5 heteroatoms. The largest absolute Gasteiger partial charge is 0.497 e. The van der Waals surface area contributed by atoms with E-state index in [2.05, 4.69) is 45.7 Å². The Balaban J connectivity index is 1.57. The first-order valence-corrected chi connectivity index (χ1v) is 9.92.